The van der Waals surface area contributed by atoms with Gasteiger partial charge in [0.15, 0.2) is 0 Å². The van der Waals surface area contributed by atoms with Crippen molar-refractivity contribution in [2.75, 3.05) is 13.1 Å². The van der Waals surface area contributed by atoms with Gasteiger partial charge in [0.2, 0.25) is 5.91 Å². The highest BCUT2D eigenvalue weighted by atomic mass is 16.2. The molecule has 2 unspecified atom stereocenters. The van der Waals surface area contributed by atoms with Gasteiger partial charge in [-0.1, -0.05) is 13.8 Å². The topological polar surface area (TPSA) is 20.3 Å². The first-order valence-electron chi connectivity index (χ1n) is 4.36. The van der Waals surface area contributed by atoms with Crippen molar-refractivity contribution < 1.29 is 4.79 Å². The van der Waals surface area contributed by atoms with Crippen LogP contribution in [0.3, 0.4) is 0 Å². The molecule has 2 nitrogen and oxygen atoms in total. The summed E-state index contributed by atoms with van der Waals surface area (Å²) in [6.07, 6.45) is 1.17. The molecule has 1 heterocycles. The SMILES string of the molecule is CC(=O)N1CCC(C)C(C)C1. The Hall–Kier alpha value is -0.530. The third kappa shape index (κ3) is 1.95. The van der Waals surface area contributed by atoms with Gasteiger partial charge >= 0.3 is 0 Å². The highest BCUT2D eigenvalue weighted by Crippen LogP contribution is 2.21. The second-order valence-electron chi connectivity index (χ2n) is 3.71. The molecule has 11 heavy (non-hydrogen) atoms. The van der Waals surface area contributed by atoms with Gasteiger partial charge in [0.1, 0.15) is 0 Å². The van der Waals surface area contributed by atoms with Crippen LogP contribution in [0.2, 0.25) is 0 Å². The Bertz CT molecular complexity index is 156. The molecule has 0 aliphatic carbocycles. The van der Waals surface area contributed by atoms with Crippen molar-refractivity contribution in [3.8, 4) is 0 Å². The minimum absolute atomic E-state index is 0.226. The number of carbonyl (C=O) groups excluding carboxylic acids is 1. The Morgan fingerprint density at radius 2 is 2.00 bits per heavy atom. The zero-order chi connectivity index (χ0) is 8.43. The van der Waals surface area contributed by atoms with Gasteiger partial charge in [0.25, 0.3) is 0 Å². The van der Waals surface area contributed by atoms with Crippen molar-refractivity contribution in [2.45, 2.75) is 27.2 Å². The van der Waals surface area contributed by atoms with Crippen LogP contribution in [0.1, 0.15) is 27.2 Å². The number of piperidine rings is 1. The van der Waals surface area contributed by atoms with Crippen molar-refractivity contribution in [3.63, 3.8) is 0 Å². The molecular weight excluding hydrogens is 138 g/mol. The molecular formula is C9H17NO. The minimum atomic E-state index is 0.226. The molecule has 0 aromatic heterocycles. The van der Waals surface area contributed by atoms with Crippen LogP contribution in [0.4, 0.5) is 0 Å². The van der Waals surface area contributed by atoms with Crippen LogP contribution in [-0.2, 0) is 4.79 Å². The van der Waals surface area contributed by atoms with E-state index in [0.717, 1.165) is 19.0 Å². The molecule has 0 bridgehead atoms. The molecule has 1 rings (SSSR count). The van der Waals surface area contributed by atoms with E-state index in [1.54, 1.807) is 6.92 Å². The maximum absolute atomic E-state index is 11.0. The first-order chi connectivity index (χ1) is 5.11. The lowest BCUT2D eigenvalue weighted by atomic mass is 9.89. The number of nitrogens with zero attached hydrogens (tertiary/aromatic N) is 1. The first kappa shape index (κ1) is 8.57. The molecule has 0 aromatic rings. The van der Waals surface area contributed by atoms with Crippen molar-refractivity contribution >= 4 is 5.91 Å². The summed E-state index contributed by atoms with van der Waals surface area (Å²) >= 11 is 0. The molecule has 0 spiro atoms. The molecule has 1 fully saturated rings. The number of hydrogen-bond donors (Lipinski definition) is 0. The van der Waals surface area contributed by atoms with Gasteiger partial charge in [-0.3, -0.25) is 4.79 Å². The Kier molecular flexibility index (Phi) is 2.53. The Morgan fingerprint density at radius 1 is 1.36 bits per heavy atom. The monoisotopic (exact) mass is 155 g/mol. The first-order valence-corrected chi connectivity index (χ1v) is 4.36. The smallest absolute Gasteiger partial charge is 0.219 e. The van der Waals surface area contributed by atoms with Gasteiger partial charge < -0.3 is 4.90 Å². The zero-order valence-electron chi connectivity index (χ0n) is 7.63. The quantitative estimate of drug-likeness (QED) is 0.519. The summed E-state index contributed by atoms with van der Waals surface area (Å²) in [5, 5.41) is 0. The molecule has 1 amide bonds. The van der Waals surface area contributed by atoms with Gasteiger partial charge in [-0.25, -0.2) is 0 Å². The molecule has 1 aliphatic rings. The number of amides is 1. The fourth-order valence-corrected chi connectivity index (χ4v) is 1.55. The number of carbonyl (C=O) groups is 1. The predicted molar refractivity (Wildman–Crippen MR) is 45.2 cm³/mol. The number of likely N-dealkylation sites (tertiary alicyclic amines) is 1. The summed E-state index contributed by atoms with van der Waals surface area (Å²) < 4.78 is 0. The average Bonchev–Trinajstić information content (AvgIpc) is 1.94. The Labute approximate surface area is 68.6 Å². The molecule has 2 atom stereocenters. The number of hydrogen-bond acceptors (Lipinski definition) is 1. The summed E-state index contributed by atoms with van der Waals surface area (Å²) in [6.45, 7) is 8.06. The van der Waals surface area contributed by atoms with Crippen LogP contribution in [-0.4, -0.2) is 23.9 Å². The van der Waals surface area contributed by atoms with E-state index in [9.17, 15) is 4.79 Å². The predicted octanol–water partition coefficient (Wildman–Crippen LogP) is 1.51. The minimum Gasteiger partial charge on any atom is -0.343 e. The molecule has 2 heteroatoms. The lowest BCUT2D eigenvalue weighted by Gasteiger charge is -2.34. The summed E-state index contributed by atoms with van der Waals surface area (Å²) in [5.41, 5.74) is 0. The molecule has 1 saturated heterocycles. The van der Waals surface area contributed by atoms with Crippen molar-refractivity contribution in [1.82, 2.24) is 4.90 Å². The van der Waals surface area contributed by atoms with Crippen LogP contribution in [0.15, 0.2) is 0 Å². The van der Waals surface area contributed by atoms with Crippen molar-refractivity contribution in [2.24, 2.45) is 11.8 Å². The van der Waals surface area contributed by atoms with Crippen LogP contribution in [0.25, 0.3) is 0 Å². The van der Waals surface area contributed by atoms with Crippen LogP contribution >= 0.6 is 0 Å². The maximum Gasteiger partial charge on any atom is 0.219 e. The second kappa shape index (κ2) is 3.24. The van der Waals surface area contributed by atoms with E-state index in [1.165, 1.54) is 6.42 Å². The molecule has 0 N–H and O–H groups in total. The maximum atomic E-state index is 11.0. The number of rotatable bonds is 0. The van der Waals surface area contributed by atoms with E-state index < -0.39 is 0 Å². The van der Waals surface area contributed by atoms with E-state index >= 15 is 0 Å². The Balaban J connectivity index is 2.46. The highest BCUT2D eigenvalue weighted by Gasteiger charge is 2.23. The zero-order valence-corrected chi connectivity index (χ0v) is 7.63. The van der Waals surface area contributed by atoms with E-state index in [2.05, 4.69) is 13.8 Å². The lowest BCUT2D eigenvalue weighted by molar-refractivity contribution is -0.131. The van der Waals surface area contributed by atoms with Crippen molar-refractivity contribution in [3.05, 3.63) is 0 Å². The van der Waals surface area contributed by atoms with Gasteiger partial charge in [-0.15, -0.1) is 0 Å². The summed E-state index contributed by atoms with van der Waals surface area (Å²) in [6, 6.07) is 0. The largest absolute Gasteiger partial charge is 0.343 e. The highest BCUT2D eigenvalue weighted by molar-refractivity contribution is 5.73. The van der Waals surface area contributed by atoms with Crippen LogP contribution < -0.4 is 0 Å². The van der Waals surface area contributed by atoms with E-state index in [4.69, 9.17) is 0 Å². The van der Waals surface area contributed by atoms with Gasteiger partial charge in [-0.05, 0) is 18.3 Å². The van der Waals surface area contributed by atoms with E-state index in [-0.39, 0.29) is 5.91 Å². The lowest BCUT2D eigenvalue weighted by Crippen LogP contribution is -2.40. The Morgan fingerprint density at radius 3 is 2.45 bits per heavy atom. The summed E-state index contributed by atoms with van der Waals surface area (Å²) in [4.78, 5) is 12.9. The fourth-order valence-electron chi connectivity index (χ4n) is 1.55. The normalized spacial score (nSPS) is 32.1. The van der Waals surface area contributed by atoms with Gasteiger partial charge in [0.05, 0.1) is 0 Å². The molecule has 0 saturated carbocycles. The van der Waals surface area contributed by atoms with E-state index in [1.807, 2.05) is 4.90 Å². The van der Waals surface area contributed by atoms with Gasteiger partial charge in [0, 0.05) is 20.0 Å². The second-order valence-corrected chi connectivity index (χ2v) is 3.71. The third-order valence-corrected chi connectivity index (χ3v) is 2.78. The summed E-state index contributed by atoms with van der Waals surface area (Å²) in [5.74, 6) is 1.68. The van der Waals surface area contributed by atoms with Crippen molar-refractivity contribution in [1.29, 1.82) is 0 Å². The standard InChI is InChI=1S/C9H17NO/c1-7-4-5-10(9(3)11)6-8(7)2/h7-8H,4-6H2,1-3H3. The molecule has 0 aromatic carbocycles. The fraction of sp³-hybridized carbons (Fsp3) is 0.889. The van der Waals surface area contributed by atoms with E-state index in [0.29, 0.717) is 5.92 Å². The van der Waals surface area contributed by atoms with Gasteiger partial charge in [-0.2, -0.15) is 0 Å². The average molecular weight is 155 g/mol. The van der Waals surface area contributed by atoms with Crippen LogP contribution in [0.5, 0.6) is 0 Å². The summed E-state index contributed by atoms with van der Waals surface area (Å²) in [7, 11) is 0. The molecule has 64 valence electrons. The molecule has 1 aliphatic heterocycles. The third-order valence-electron chi connectivity index (χ3n) is 2.78. The molecule has 0 radical (unpaired) electrons. The van der Waals surface area contributed by atoms with Crippen LogP contribution in [0, 0.1) is 11.8 Å².